The second kappa shape index (κ2) is 11.3. The van der Waals surface area contributed by atoms with Gasteiger partial charge in [0.25, 0.3) is 5.91 Å². The van der Waals surface area contributed by atoms with Gasteiger partial charge in [0.15, 0.2) is 6.61 Å². The number of ether oxygens (including phenoxy) is 3. The summed E-state index contributed by atoms with van der Waals surface area (Å²) < 4.78 is 15.2. The Bertz CT molecular complexity index is 1210. The van der Waals surface area contributed by atoms with Crippen LogP contribution in [0.5, 0.6) is 5.75 Å². The van der Waals surface area contributed by atoms with Crippen LogP contribution in [0.1, 0.15) is 28.4 Å². The molecule has 176 valence electrons. The van der Waals surface area contributed by atoms with Gasteiger partial charge in [-0.2, -0.15) is 0 Å². The number of hydrogen-bond donors (Lipinski definition) is 1. The highest BCUT2D eigenvalue weighted by Crippen LogP contribution is 2.40. The van der Waals surface area contributed by atoms with Gasteiger partial charge in [0.1, 0.15) is 22.1 Å². The molecule has 0 bridgehead atoms. The highest BCUT2D eigenvalue weighted by atomic mass is 32.2. The number of rotatable bonds is 7. The molecule has 1 amide bonds. The number of hydrogen-bond acceptors (Lipinski definition) is 8. The Morgan fingerprint density at radius 1 is 1.09 bits per heavy atom. The number of amides is 1. The summed E-state index contributed by atoms with van der Waals surface area (Å²) in [7, 11) is 1.26. The second-order valence-electron chi connectivity index (χ2n) is 6.99. The molecule has 0 unspecified atom stereocenters. The smallest absolute Gasteiger partial charge is 0.344 e. The summed E-state index contributed by atoms with van der Waals surface area (Å²) in [5, 5.41) is 10.9. The van der Waals surface area contributed by atoms with Crippen molar-refractivity contribution >= 4 is 40.7 Å². The van der Waals surface area contributed by atoms with Gasteiger partial charge in [0.05, 0.1) is 18.6 Å². The van der Waals surface area contributed by atoms with Crippen LogP contribution in [0, 0.1) is 6.92 Å². The van der Waals surface area contributed by atoms with E-state index < -0.39 is 17.8 Å². The second-order valence-corrected chi connectivity index (χ2v) is 8.03. The summed E-state index contributed by atoms with van der Waals surface area (Å²) in [6.45, 7) is 3.21. The lowest BCUT2D eigenvalue weighted by Gasteiger charge is -2.08. The van der Waals surface area contributed by atoms with E-state index in [9.17, 15) is 19.5 Å². The SMILES string of the molecule is CCOC(=O)C1=C(O)/C(=C/c2ccccc2OCC(=O)OC)SC1=NC(=O)c1ccccc1C. The molecular weight excluding hydrogens is 458 g/mol. The third-order valence-electron chi connectivity index (χ3n) is 4.73. The number of methoxy groups -OCH3 is 1. The molecule has 1 heterocycles. The largest absolute Gasteiger partial charge is 0.506 e. The molecule has 1 aliphatic rings. The molecule has 0 aliphatic carbocycles. The number of aliphatic hydroxyl groups is 1. The van der Waals surface area contributed by atoms with Gasteiger partial charge in [-0.3, -0.25) is 4.79 Å². The van der Waals surface area contributed by atoms with Crippen LogP contribution in [0.15, 0.2) is 69.8 Å². The molecule has 0 fully saturated rings. The number of aryl methyl sites for hydroxylation is 1. The molecule has 0 saturated carbocycles. The van der Waals surface area contributed by atoms with E-state index >= 15 is 0 Å². The third-order valence-corrected chi connectivity index (χ3v) is 5.75. The number of aliphatic imine (C=N–C) groups is 1. The number of nitrogens with zero attached hydrogens (tertiary/aromatic N) is 1. The zero-order chi connectivity index (χ0) is 24.7. The number of aliphatic hydroxyl groups excluding tert-OH is 1. The minimum Gasteiger partial charge on any atom is -0.506 e. The lowest BCUT2D eigenvalue weighted by atomic mass is 10.1. The average molecular weight is 482 g/mol. The van der Waals surface area contributed by atoms with Crippen LogP contribution in [0.25, 0.3) is 6.08 Å². The number of benzene rings is 2. The van der Waals surface area contributed by atoms with Crippen LogP contribution in [-0.4, -0.2) is 48.3 Å². The molecular formula is C25H23NO7S. The Kier molecular flexibility index (Phi) is 8.26. The van der Waals surface area contributed by atoms with Crippen molar-refractivity contribution in [3.63, 3.8) is 0 Å². The Hall–Kier alpha value is -3.85. The maximum absolute atomic E-state index is 12.8. The van der Waals surface area contributed by atoms with E-state index in [1.54, 1.807) is 68.5 Å². The standard InChI is InChI=1S/C25H23NO7S/c1-4-32-25(30)21-22(28)19(13-16-10-6-8-12-18(16)33-14-20(27)31-3)34-24(21)26-23(29)17-11-7-5-9-15(17)2/h5-13,28H,4,14H2,1-3H3/b19-13-,26-24?. The van der Waals surface area contributed by atoms with Gasteiger partial charge >= 0.3 is 11.9 Å². The van der Waals surface area contributed by atoms with E-state index in [1.807, 2.05) is 0 Å². The summed E-state index contributed by atoms with van der Waals surface area (Å²) in [6, 6.07) is 13.8. The summed E-state index contributed by atoms with van der Waals surface area (Å²) in [5.74, 6) is -1.87. The van der Waals surface area contributed by atoms with E-state index in [0.29, 0.717) is 16.9 Å². The Labute approximate surface area is 200 Å². The molecule has 0 radical (unpaired) electrons. The Morgan fingerprint density at radius 2 is 1.79 bits per heavy atom. The monoisotopic (exact) mass is 481 g/mol. The van der Waals surface area contributed by atoms with Crippen molar-refractivity contribution in [1.29, 1.82) is 0 Å². The molecule has 2 aromatic rings. The van der Waals surface area contributed by atoms with Crippen LogP contribution in [0.2, 0.25) is 0 Å². The van der Waals surface area contributed by atoms with Crippen molar-refractivity contribution in [3.05, 3.63) is 81.5 Å². The molecule has 0 spiro atoms. The van der Waals surface area contributed by atoms with E-state index in [1.165, 1.54) is 7.11 Å². The third kappa shape index (κ3) is 5.74. The predicted molar refractivity (Wildman–Crippen MR) is 129 cm³/mol. The van der Waals surface area contributed by atoms with Crippen molar-refractivity contribution in [2.45, 2.75) is 13.8 Å². The molecule has 0 saturated heterocycles. The van der Waals surface area contributed by atoms with Crippen LogP contribution in [0.4, 0.5) is 0 Å². The summed E-state index contributed by atoms with van der Waals surface area (Å²) >= 11 is 0.961. The minimum atomic E-state index is -0.789. The molecule has 0 atom stereocenters. The first-order valence-corrected chi connectivity index (χ1v) is 11.1. The fourth-order valence-electron chi connectivity index (χ4n) is 3.03. The quantitative estimate of drug-likeness (QED) is 0.585. The Balaban J connectivity index is 2.00. The van der Waals surface area contributed by atoms with Crippen LogP contribution in [-0.2, 0) is 19.1 Å². The summed E-state index contributed by atoms with van der Waals surface area (Å²) in [4.78, 5) is 41.2. The van der Waals surface area contributed by atoms with Gasteiger partial charge in [0, 0.05) is 11.1 Å². The lowest BCUT2D eigenvalue weighted by molar-refractivity contribution is -0.143. The van der Waals surface area contributed by atoms with Gasteiger partial charge in [-0.1, -0.05) is 48.2 Å². The summed E-state index contributed by atoms with van der Waals surface area (Å²) in [6.07, 6.45) is 1.58. The number of para-hydroxylation sites is 1. The van der Waals surface area contributed by atoms with Gasteiger partial charge in [0.2, 0.25) is 0 Å². The van der Waals surface area contributed by atoms with E-state index in [-0.39, 0.29) is 34.5 Å². The fraction of sp³-hybridized carbons (Fsp3) is 0.200. The van der Waals surface area contributed by atoms with Crippen LogP contribution in [0.3, 0.4) is 0 Å². The number of esters is 2. The lowest BCUT2D eigenvalue weighted by Crippen LogP contribution is -2.14. The maximum atomic E-state index is 12.8. The first-order valence-electron chi connectivity index (χ1n) is 10.3. The minimum absolute atomic E-state index is 0.0309. The zero-order valence-corrected chi connectivity index (χ0v) is 19.7. The molecule has 1 aliphatic heterocycles. The van der Waals surface area contributed by atoms with E-state index in [0.717, 1.165) is 17.3 Å². The van der Waals surface area contributed by atoms with Gasteiger partial charge < -0.3 is 19.3 Å². The molecule has 2 aromatic carbocycles. The van der Waals surface area contributed by atoms with E-state index in [2.05, 4.69) is 9.73 Å². The zero-order valence-electron chi connectivity index (χ0n) is 18.9. The summed E-state index contributed by atoms with van der Waals surface area (Å²) in [5.41, 5.74) is 1.47. The van der Waals surface area contributed by atoms with E-state index in [4.69, 9.17) is 9.47 Å². The van der Waals surface area contributed by atoms with Crippen molar-refractivity contribution in [1.82, 2.24) is 0 Å². The van der Waals surface area contributed by atoms with Crippen molar-refractivity contribution < 1.29 is 33.7 Å². The normalized spacial score (nSPS) is 15.5. The first kappa shape index (κ1) is 24.8. The predicted octanol–water partition coefficient (Wildman–Crippen LogP) is 4.25. The average Bonchev–Trinajstić information content (AvgIpc) is 3.12. The fourth-order valence-corrected chi connectivity index (χ4v) is 4.03. The first-order chi connectivity index (χ1) is 16.3. The maximum Gasteiger partial charge on any atom is 0.344 e. The highest BCUT2D eigenvalue weighted by molar-refractivity contribution is 8.18. The van der Waals surface area contributed by atoms with Crippen LogP contribution >= 0.6 is 11.8 Å². The van der Waals surface area contributed by atoms with Gasteiger partial charge in [-0.25, -0.2) is 14.6 Å². The molecule has 34 heavy (non-hydrogen) atoms. The molecule has 0 aromatic heterocycles. The van der Waals surface area contributed by atoms with Crippen LogP contribution < -0.4 is 4.74 Å². The molecule has 9 heteroatoms. The van der Waals surface area contributed by atoms with Gasteiger partial charge in [-0.15, -0.1) is 0 Å². The topological polar surface area (TPSA) is 111 Å². The number of thioether (sulfide) groups is 1. The number of carbonyl (C=O) groups is 3. The molecule has 1 N–H and O–H groups in total. The van der Waals surface area contributed by atoms with Gasteiger partial charge in [-0.05, 0) is 37.6 Å². The molecule has 8 nitrogen and oxygen atoms in total. The van der Waals surface area contributed by atoms with Crippen molar-refractivity contribution in [2.75, 3.05) is 20.3 Å². The molecule has 3 rings (SSSR count). The van der Waals surface area contributed by atoms with Crippen molar-refractivity contribution in [3.8, 4) is 5.75 Å². The number of carbonyl (C=O) groups excluding carboxylic acids is 3. The highest BCUT2D eigenvalue weighted by Gasteiger charge is 2.34. The van der Waals surface area contributed by atoms with Crippen molar-refractivity contribution in [2.24, 2.45) is 4.99 Å². The Morgan fingerprint density at radius 3 is 2.50 bits per heavy atom.